The van der Waals surface area contributed by atoms with E-state index >= 15 is 0 Å². The first-order chi connectivity index (χ1) is 11.3. The molecule has 3 rings (SSSR count). The predicted octanol–water partition coefficient (Wildman–Crippen LogP) is 1.52. The molecule has 0 atom stereocenters. The number of nitrogens with one attached hydrogen (secondary N) is 2. The lowest BCUT2D eigenvalue weighted by molar-refractivity contribution is -0.120. The fourth-order valence-corrected chi connectivity index (χ4v) is 3.03. The zero-order valence-electron chi connectivity index (χ0n) is 13.6. The van der Waals surface area contributed by atoms with Crippen molar-refractivity contribution in [2.24, 2.45) is 5.92 Å². The Morgan fingerprint density at radius 2 is 1.79 bits per heavy atom. The summed E-state index contributed by atoms with van der Waals surface area (Å²) < 4.78 is 5.29. The van der Waals surface area contributed by atoms with Gasteiger partial charge in [-0.2, -0.15) is 0 Å². The number of rotatable bonds is 3. The van der Waals surface area contributed by atoms with Crippen molar-refractivity contribution < 1.29 is 14.3 Å². The van der Waals surface area contributed by atoms with E-state index in [0.29, 0.717) is 37.6 Å². The van der Waals surface area contributed by atoms with Crippen LogP contribution >= 0.6 is 12.4 Å². The summed E-state index contributed by atoms with van der Waals surface area (Å²) in [6, 6.07) is 7.24. The topological polar surface area (TPSA) is 70.7 Å². The van der Waals surface area contributed by atoms with Gasteiger partial charge in [0.1, 0.15) is 0 Å². The van der Waals surface area contributed by atoms with Crippen LogP contribution in [-0.2, 0) is 9.53 Å². The number of carbonyl (C=O) groups excluding carboxylic acids is 2. The molecule has 0 aliphatic carbocycles. The van der Waals surface area contributed by atoms with Crippen molar-refractivity contribution in [3.8, 4) is 0 Å². The van der Waals surface area contributed by atoms with Crippen molar-refractivity contribution in [2.75, 3.05) is 44.7 Å². The van der Waals surface area contributed by atoms with E-state index < -0.39 is 0 Å². The third-order valence-corrected chi connectivity index (χ3v) is 4.42. The Kier molecular flexibility index (Phi) is 7.02. The van der Waals surface area contributed by atoms with Crippen LogP contribution in [0.15, 0.2) is 24.3 Å². The third kappa shape index (κ3) is 4.47. The fourth-order valence-electron chi connectivity index (χ4n) is 3.03. The van der Waals surface area contributed by atoms with Crippen molar-refractivity contribution in [3.05, 3.63) is 29.8 Å². The maximum Gasteiger partial charge on any atom is 0.256 e. The minimum absolute atomic E-state index is 0. The molecule has 2 amide bonds. The summed E-state index contributed by atoms with van der Waals surface area (Å²) in [7, 11) is 0. The fraction of sp³-hybridized carbons (Fsp3) is 0.529. The third-order valence-electron chi connectivity index (χ3n) is 4.42. The number of ether oxygens (including phenoxy) is 1. The molecule has 7 heteroatoms. The molecule has 1 aromatic carbocycles. The molecular formula is C17H24ClN3O3. The van der Waals surface area contributed by atoms with Gasteiger partial charge in [0.15, 0.2) is 0 Å². The summed E-state index contributed by atoms with van der Waals surface area (Å²) in [5, 5.41) is 6.21. The van der Waals surface area contributed by atoms with Gasteiger partial charge in [0.25, 0.3) is 5.91 Å². The van der Waals surface area contributed by atoms with E-state index in [-0.39, 0.29) is 30.1 Å². The maximum absolute atomic E-state index is 12.7. The Morgan fingerprint density at radius 3 is 2.50 bits per heavy atom. The van der Waals surface area contributed by atoms with Crippen LogP contribution in [0.5, 0.6) is 0 Å². The van der Waals surface area contributed by atoms with Crippen molar-refractivity contribution in [1.29, 1.82) is 0 Å². The average Bonchev–Trinajstić information content (AvgIpc) is 2.63. The molecule has 2 aliphatic rings. The number of nitrogens with zero attached hydrogens (tertiary/aromatic N) is 1. The highest BCUT2D eigenvalue weighted by Gasteiger charge is 2.24. The van der Waals surface area contributed by atoms with Gasteiger partial charge < -0.3 is 20.3 Å². The SMILES string of the molecule is Cl.O=C(Nc1ccccc1C(=O)N1CCOCC1)C1CCNCC1. The number of morpholine rings is 1. The van der Waals surface area contributed by atoms with E-state index in [1.165, 1.54) is 0 Å². The Labute approximate surface area is 148 Å². The Hall–Kier alpha value is -1.63. The van der Waals surface area contributed by atoms with Crippen LogP contribution in [0.4, 0.5) is 5.69 Å². The zero-order valence-corrected chi connectivity index (χ0v) is 14.4. The predicted molar refractivity (Wildman–Crippen MR) is 94.6 cm³/mol. The van der Waals surface area contributed by atoms with E-state index in [1.807, 2.05) is 12.1 Å². The number of halogens is 1. The lowest BCUT2D eigenvalue weighted by atomic mass is 9.97. The van der Waals surface area contributed by atoms with Crippen molar-refractivity contribution in [1.82, 2.24) is 10.2 Å². The van der Waals surface area contributed by atoms with Crippen LogP contribution in [0.1, 0.15) is 23.2 Å². The number of anilines is 1. The van der Waals surface area contributed by atoms with E-state index in [2.05, 4.69) is 10.6 Å². The van der Waals surface area contributed by atoms with Crippen LogP contribution in [0.2, 0.25) is 0 Å². The monoisotopic (exact) mass is 353 g/mol. The van der Waals surface area contributed by atoms with Crippen molar-refractivity contribution >= 4 is 29.9 Å². The molecule has 2 saturated heterocycles. The summed E-state index contributed by atoms with van der Waals surface area (Å²) in [6.45, 7) is 4.05. The molecular weight excluding hydrogens is 330 g/mol. The molecule has 2 N–H and O–H groups in total. The normalized spacial score (nSPS) is 18.6. The first-order valence-corrected chi connectivity index (χ1v) is 8.23. The smallest absolute Gasteiger partial charge is 0.256 e. The molecule has 132 valence electrons. The van der Waals surface area contributed by atoms with Crippen molar-refractivity contribution in [2.45, 2.75) is 12.8 Å². The van der Waals surface area contributed by atoms with Gasteiger partial charge in [0.05, 0.1) is 24.5 Å². The second kappa shape index (κ2) is 9.01. The molecule has 0 spiro atoms. The number of piperidine rings is 1. The maximum atomic E-state index is 12.7. The van der Waals surface area contributed by atoms with Crippen LogP contribution in [-0.4, -0.2) is 56.1 Å². The number of hydrogen-bond acceptors (Lipinski definition) is 4. The average molecular weight is 354 g/mol. The van der Waals surface area contributed by atoms with Gasteiger partial charge in [0, 0.05) is 19.0 Å². The van der Waals surface area contributed by atoms with Crippen LogP contribution in [0, 0.1) is 5.92 Å². The second-order valence-corrected chi connectivity index (χ2v) is 5.96. The highest BCUT2D eigenvalue weighted by molar-refractivity contribution is 6.04. The molecule has 1 aromatic rings. The van der Waals surface area contributed by atoms with Gasteiger partial charge in [-0.15, -0.1) is 12.4 Å². The minimum Gasteiger partial charge on any atom is -0.378 e. The Bertz CT molecular complexity index is 570. The molecule has 0 bridgehead atoms. The summed E-state index contributed by atoms with van der Waals surface area (Å²) in [5.74, 6) is -0.0222. The van der Waals surface area contributed by atoms with Crippen molar-refractivity contribution in [3.63, 3.8) is 0 Å². The highest BCUT2D eigenvalue weighted by atomic mass is 35.5. The number of amides is 2. The number of para-hydroxylation sites is 1. The lowest BCUT2D eigenvalue weighted by Gasteiger charge is -2.28. The molecule has 0 saturated carbocycles. The summed E-state index contributed by atoms with van der Waals surface area (Å²) in [6.07, 6.45) is 1.68. The van der Waals surface area contributed by atoms with E-state index in [1.54, 1.807) is 17.0 Å². The second-order valence-electron chi connectivity index (χ2n) is 5.96. The molecule has 0 unspecified atom stereocenters. The van der Waals surface area contributed by atoms with Crippen LogP contribution < -0.4 is 10.6 Å². The van der Waals surface area contributed by atoms with Crippen LogP contribution in [0.3, 0.4) is 0 Å². The molecule has 0 radical (unpaired) electrons. The lowest BCUT2D eigenvalue weighted by Crippen LogP contribution is -2.41. The molecule has 2 heterocycles. The highest BCUT2D eigenvalue weighted by Crippen LogP contribution is 2.21. The van der Waals surface area contributed by atoms with Gasteiger partial charge in [-0.3, -0.25) is 9.59 Å². The number of carbonyl (C=O) groups is 2. The van der Waals surface area contributed by atoms with E-state index in [4.69, 9.17) is 4.74 Å². The Morgan fingerprint density at radius 1 is 1.12 bits per heavy atom. The molecule has 24 heavy (non-hydrogen) atoms. The van der Waals surface area contributed by atoms with E-state index in [0.717, 1.165) is 25.9 Å². The quantitative estimate of drug-likeness (QED) is 0.864. The van der Waals surface area contributed by atoms with Gasteiger partial charge >= 0.3 is 0 Å². The minimum atomic E-state index is -0.0467. The summed E-state index contributed by atoms with van der Waals surface area (Å²) in [4.78, 5) is 26.9. The molecule has 2 aliphatic heterocycles. The zero-order chi connectivity index (χ0) is 16.1. The largest absolute Gasteiger partial charge is 0.378 e. The Balaban J connectivity index is 0.00000208. The van der Waals surface area contributed by atoms with E-state index in [9.17, 15) is 9.59 Å². The summed E-state index contributed by atoms with van der Waals surface area (Å²) in [5.41, 5.74) is 1.16. The summed E-state index contributed by atoms with van der Waals surface area (Å²) >= 11 is 0. The van der Waals surface area contributed by atoms with Gasteiger partial charge in [-0.1, -0.05) is 12.1 Å². The molecule has 6 nitrogen and oxygen atoms in total. The van der Waals surface area contributed by atoms with Crippen LogP contribution in [0.25, 0.3) is 0 Å². The van der Waals surface area contributed by atoms with Gasteiger partial charge in [0.2, 0.25) is 5.91 Å². The van der Waals surface area contributed by atoms with Gasteiger partial charge in [-0.25, -0.2) is 0 Å². The molecule has 2 fully saturated rings. The van der Waals surface area contributed by atoms with Gasteiger partial charge in [-0.05, 0) is 38.1 Å². The first-order valence-electron chi connectivity index (χ1n) is 8.23. The molecule has 0 aromatic heterocycles. The number of hydrogen-bond donors (Lipinski definition) is 2. The first kappa shape index (κ1) is 18.7. The standard InChI is InChI=1S/C17H23N3O3.ClH/c21-16(13-5-7-18-8-6-13)19-15-4-2-1-3-14(15)17(22)20-9-11-23-12-10-20;/h1-4,13,18H,5-12H2,(H,19,21);1H. The number of benzene rings is 1.